The summed E-state index contributed by atoms with van der Waals surface area (Å²) in [6.07, 6.45) is 2.11. The quantitative estimate of drug-likeness (QED) is 0.570. The SMILES string of the molecule is CCC(C)N(C(=O)Cc1ccc([N+](=O)[O-])cc1)C(C)CC. The van der Waals surface area contributed by atoms with Crippen LogP contribution >= 0.6 is 0 Å². The molecule has 5 heteroatoms. The highest BCUT2D eigenvalue weighted by Gasteiger charge is 2.23. The van der Waals surface area contributed by atoms with Gasteiger partial charge in [-0.1, -0.05) is 26.0 Å². The Labute approximate surface area is 126 Å². The van der Waals surface area contributed by atoms with Gasteiger partial charge in [0.15, 0.2) is 0 Å². The zero-order valence-corrected chi connectivity index (χ0v) is 13.2. The number of nitro benzene ring substituents is 1. The summed E-state index contributed by atoms with van der Waals surface area (Å²) in [5.41, 5.74) is 0.856. The third kappa shape index (κ3) is 4.55. The normalized spacial score (nSPS) is 13.5. The molecule has 1 aromatic carbocycles. The third-order valence-electron chi connectivity index (χ3n) is 3.92. The molecule has 0 aliphatic heterocycles. The van der Waals surface area contributed by atoms with Gasteiger partial charge in [-0.2, -0.15) is 0 Å². The van der Waals surface area contributed by atoms with Crippen LogP contribution in [0.15, 0.2) is 24.3 Å². The van der Waals surface area contributed by atoms with Gasteiger partial charge < -0.3 is 4.90 Å². The van der Waals surface area contributed by atoms with Crippen molar-refractivity contribution in [2.24, 2.45) is 0 Å². The van der Waals surface area contributed by atoms with Crippen molar-refractivity contribution >= 4 is 11.6 Å². The first-order valence-corrected chi connectivity index (χ1v) is 7.45. The molecule has 0 spiro atoms. The molecule has 0 saturated heterocycles. The van der Waals surface area contributed by atoms with E-state index in [1.807, 2.05) is 4.90 Å². The lowest BCUT2D eigenvalue weighted by molar-refractivity contribution is -0.384. The molecule has 2 unspecified atom stereocenters. The lowest BCUT2D eigenvalue weighted by Gasteiger charge is -2.34. The molecule has 0 aliphatic carbocycles. The number of non-ortho nitro benzene ring substituents is 1. The molecule has 0 fully saturated rings. The van der Waals surface area contributed by atoms with Gasteiger partial charge in [0.1, 0.15) is 0 Å². The number of hydrogen-bond acceptors (Lipinski definition) is 3. The molecule has 0 saturated carbocycles. The van der Waals surface area contributed by atoms with Crippen LogP contribution in [0.4, 0.5) is 5.69 Å². The Balaban J connectivity index is 2.83. The first-order chi connectivity index (χ1) is 9.90. The molecule has 0 radical (unpaired) electrons. The van der Waals surface area contributed by atoms with E-state index in [1.165, 1.54) is 12.1 Å². The maximum absolute atomic E-state index is 12.5. The van der Waals surface area contributed by atoms with E-state index in [0.717, 1.165) is 18.4 Å². The molecular formula is C16H24N2O3. The molecule has 0 aliphatic rings. The van der Waals surface area contributed by atoms with Gasteiger partial charge >= 0.3 is 0 Å². The van der Waals surface area contributed by atoms with Crippen molar-refractivity contribution in [1.29, 1.82) is 0 Å². The van der Waals surface area contributed by atoms with Crippen molar-refractivity contribution in [2.75, 3.05) is 0 Å². The smallest absolute Gasteiger partial charge is 0.269 e. The lowest BCUT2D eigenvalue weighted by atomic mass is 10.1. The summed E-state index contributed by atoms with van der Waals surface area (Å²) in [7, 11) is 0. The van der Waals surface area contributed by atoms with Crippen molar-refractivity contribution in [3.05, 3.63) is 39.9 Å². The molecule has 0 bridgehead atoms. The van der Waals surface area contributed by atoms with E-state index >= 15 is 0 Å². The van der Waals surface area contributed by atoms with Crippen LogP contribution in [0.3, 0.4) is 0 Å². The number of carbonyl (C=O) groups is 1. The van der Waals surface area contributed by atoms with Crippen molar-refractivity contribution in [1.82, 2.24) is 4.90 Å². The molecule has 21 heavy (non-hydrogen) atoms. The molecule has 0 heterocycles. The average Bonchev–Trinajstić information content (AvgIpc) is 2.47. The lowest BCUT2D eigenvalue weighted by Crippen LogP contribution is -2.45. The monoisotopic (exact) mass is 292 g/mol. The van der Waals surface area contributed by atoms with Gasteiger partial charge in [-0.25, -0.2) is 0 Å². The maximum Gasteiger partial charge on any atom is 0.269 e. The fraction of sp³-hybridized carbons (Fsp3) is 0.562. The summed E-state index contributed by atoms with van der Waals surface area (Å²) in [6, 6.07) is 6.60. The minimum atomic E-state index is -0.434. The highest BCUT2D eigenvalue weighted by atomic mass is 16.6. The summed E-state index contributed by atoms with van der Waals surface area (Å²) in [5.74, 6) is 0.0764. The summed E-state index contributed by atoms with van der Waals surface area (Å²) in [5, 5.41) is 10.6. The van der Waals surface area contributed by atoms with Gasteiger partial charge in [0.05, 0.1) is 11.3 Å². The van der Waals surface area contributed by atoms with Crippen LogP contribution in [0.2, 0.25) is 0 Å². The molecular weight excluding hydrogens is 268 g/mol. The predicted molar refractivity (Wildman–Crippen MR) is 83.2 cm³/mol. The first kappa shape index (κ1) is 17.1. The van der Waals surface area contributed by atoms with Crippen molar-refractivity contribution in [2.45, 2.75) is 59.0 Å². The summed E-state index contributed by atoms with van der Waals surface area (Å²) < 4.78 is 0. The Morgan fingerprint density at radius 1 is 1.14 bits per heavy atom. The van der Waals surface area contributed by atoms with Crippen LogP contribution in [-0.4, -0.2) is 27.8 Å². The number of rotatable bonds is 7. The Kier molecular flexibility index (Phi) is 6.34. The second-order valence-electron chi connectivity index (χ2n) is 5.42. The summed E-state index contributed by atoms with van der Waals surface area (Å²) >= 11 is 0. The first-order valence-electron chi connectivity index (χ1n) is 7.45. The van der Waals surface area contributed by atoms with E-state index in [9.17, 15) is 14.9 Å². The summed E-state index contributed by atoms with van der Waals surface area (Å²) in [6.45, 7) is 8.25. The Hall–Kier alpha value is -1.91. The molecule has 116 valence electrons. The van der Waals surface area contributed by atoms with Gasteiger partial charge in [-0.3, -0.25) is 14.9 Å². The molecule has 1 rings (SSSR count). The zero-order valence-electron chi connectivity index (χ0n) is 13.2. The van der Waals surface area contributed by atoms with Crippen LogP contribution < -0.4 is 0 Å². The van der Waals surface area contributed by atoms with Crippen LogP contribution in [0.25, 0.3) is 0 Å². The molecule has 5 nitrogen and oxygen atoms in total. The van der Waals surface area contributed by atoms with Crippen molar-refractivity contribution < 1.29 is 9.72 Å². The average molecular weight is 292 g/mol. The fourth-order valence-corrected chi connectivity index (χ4v) is 2.32. The highest BCUT2D eigenvalue weighted by Crippen LogP contribution is 2.16. The maximum atomic E-state index is 12.5. The van der Waals surface area contributed by atoms with Gasteiger partial charge in [0.25, 0.3) is 5.69 Å². The van der Waals surface area contributed by atoms with E-state index in [4.69, 9.17) is 0 Å². The van der Waals surface area contributed by atoms with E-state index in [-0.39, 0.29) is 30.1 Å². The second-order valence-corrected chi connectivity index (χ2v) is 5.42. The molecule has 0 N–H and O–H groups in total. The number of benzene rings is 1. The van der Waals surface area contributed by atoms with Crippen LogP contribution in [0.1, 0.15) is 46.1 Å². The van der Waals surface area contributed by atoms with Gasteiger partial charge in [-0.05, 0) is 32.3 Å². The number of amides is 1. The Morgan fingerprint density at radius 3 is 2.00 bits per heavy atom. The third-order valence-corrected chi connectivity index (χ3v) is 3.92. The summed E-state index contributed by atoms with van der Waals surface area (Å²) in [4.78, 5) is 24.7. The standard InChI is InChI=1S/C16H24N2O3/c1-5-12(3)17(13(4)6-2)16(19)11-14-7-9-15(10-8-14)18(20)21/h7-10,12-13H,5-6,11H2,1-4H3. The minimum absolute atomic E-state index is 0.0481. The number of hydrogen-bond donors (Lipinski definition) is 0. The molecule has 1 amide bonds. The fourth-order valence-electron chi connectivity index (χ4n) is 2.32. The van der Waals surface area contributed by atoms with Gasteiger partial charge in [0, 0.05) is 24.2 Å². The molecule has 2 atom stereocenters. The minimum Gasteiger partial charge on any atom is -0.337 e. The number of carbonyl (C=O) groups excluding carboxylic acids is 1. The predicted octanol–water partition coefficient (Wildman–Crippen LogP) is 3.56. The van der Waals surface area contributed by atoms with E-state index in [0.29, 0.717) is 0 Å². The van der Waals surface area contributed by atoms with Crippen LogP contribution in [-0.2, 0) is 11.2 Å². The van der Waals surface area contributed by atoms with Crippen LogP contribution in [0, 0.1) is 10.1 Å². The van der Waals surface area contributed by atoms with Gasteiger partial charge in [0.2, 0.25) is 5.91 Å². The van der Waals surface area contributed by atoms with Gasteiger partial charge in [-0.15, -0.1) is 0 Å². The van der Waals surface area contributed by atoms with Crippen LogP contribution in [0.5, 0.6) is 0 Å². The van der Waals surface area contributed by atoms with E-state index < -0.39 is 4.92 Å². The largest absolute Gasteiger partial charge is 0.337 e. The van der Waals surface area contributed by atoms with E-state index in [2.05, 4.69) is 27.7 Å². The topological polar surface area (TPSA) is 63.5 Å². The van der Waals surface area contributed by atoms with Crippen molar-refractivity contribution in [3.63, 3.8) is 0 Å². The Morgan fingerprint density at radius 2 is 1.62 bits per heavy atom. The molecule has 0 aromatic heterocycles. The van der Waals surface area contributed by atoms with Crippen molar-refractivity contribution in [3.8, 4) is 0 Å². The zero-order chi connectivity index (χ0) is 16.0. The number of nitrogens with zero attached hydrogens (tertiary/aromatic N) is 2. The second kappa shape index (κ2) is 7.76. The molecule has 1 aromatic rings. The van der Waals surface area contributed by atoms with E-state index in [1.54, 1.807) is 12.1 Å². The Bertz CT molecular complexity index is 475. The number of nitro groups is 1. The highest BCUT2D eigenvalue weighted by molar-refractivity contribution is 5.79.